The fourth-order valence-electron chi connectivity index (χ4n) is 1.99. The van der Waals surface area contributed by atoms with Gasteiger partial charge in [-0.2, -0.15) is 0 Å². The topological polar surface area (TPSA) is 21.3 Å². The Kier molecular flexibility index (Phi) is 5.37. The van der Waals surface area contributed by atoms with E-state index in [-0.39, 0.29) is 5.82 Å². The summed E-state index contributed by atoms with van der Waals surface area (Å²) in [7, 11) is 0. The zero-order chi connectivity index (χ0) is 15.4. The first-order chi connectivity index (χ1) is 9.95. The number of hydrogen-bond donors (Lipinski definition) is 1. The molecule has 1 heterocycles. The van der Waals surface area contributed by atoms with Crippen molar-refractivity contribution in [3.8, 4) is 5.75 Å². The third-order valence-electron chi connectivity index (χ3n) is 3.28. The highest BCUT2D eigenvalue weighted by atomic mass is 32.1. The van der Waals surface area contributed by atoms with Crippen molar-refractivity contribution in [3.63, 3.8) is 0 Å². The quantitative estimate of drug-likeness (QED) is 0.843. The van der Waals surface area contributed by atoms with Gasteiger partial charge in [0, 0.05) is 27.9 Å². The average molecular weight is 307 g/mol. The van der Waals surface area contributed by atoms with E-state index >= 15 is 0 Å². The van der Waals surface area contributed by atoms with E-state index in [9.17, 15) is 4.39 Å². The summed E-state index contributed by atoms with van der Waals surface area (Å²) >= 11 is 1.79. The molecule has 0 amide bonds. The molecule has 2 rings (SSSR count). The molecule has 2 nitrogen and oxygen atoms in total. The monoisotopic (exact) mass is 307 g/mol. The van der Waals surface area contributed by atoms with Gasteiger partial charge in [0.2, 0.25) is 0 Å². The predicted octanol–water partition coefficient (Wildman–Crippen LogP) is 4.58. The van der Waals surface area contributed by atoms with E-state index in [1.807, 2.05) is 0 Å². The van der Waals surface area contributed by atoms with Crippen molar-refractivity contribution < 1.29 is 9.13 Å². The third kappa shape index (κ3) is 4.55. The number of benzene rings is 1. The largest absolute Gasteiger partial charge is 0.489 e. The van der Waals surface area contributed by atoms with Gasteiger partial charge in [0.15, 0.2) is 0 Å². The van der Waals surface area contributed by atoms with Crippen LogP contribution in [-0.4, -0.2) is 6.04 Å². The molecule has 0 bridgehead atoms. The minimum absolute atomic E-state index is 0.198. The minimum atomic E-state index is -0.198. The fourth-order valence-corrected chi connectivity index (χ4v) is 2.99. The number of thiophene rings is 1. The predicted molar refractivity (Wildman–Crippen MR) is 86.5 cm³/mol. The van der Waals surface area contributed by atoms with Crippen LogP contribution in [0.15, 0.2) is 24.3 Å². The second-order valence-corrected chi connectivity index (χ2v) is 6.87. The van der Waals surface area contributed by atoms with Gasteiger partial charge in [0.1, 0.15) is 18.2 Å². The second kappa shape index (κ2) is 7.05. The summed E-state index contributed by atoms with van der Waals surface area (Å²) in [6, 6.07) is 7.52. The van der Waals surface area contributed by atoms with Crippen LogP contribution in [0.25, 0.3) is 0 Å². The van der Waals surface area contributed by atoms with E-state index in [0.717, 1.165) is 6.54 Å². The smallest absolute Gasteiger partial charge is 0.126 e. The van der Waals surface area contributed by atoms with Gasteiger partial charge in [-0.05, 0) is 43.7 Å². The molecule has 0 aliphatic carbocycles. The number of aryl methyl sites for hydroxylation is 2. The Bertz CT molecular complexity index is 607. The van der Waals surface area contributed by atoms with Crippen LogP contribution in [0.3, 0.4) is 0 Å². The lowest BCUT2D eigenvalue weighted by molar-refractivity contribution is 0.305. The molecule has 1 aromatic heterocycles. The molecule has 114 valence electrons. The Morgan fingerprint density at radius 1 is 1.24 bits per heavy atom. The molecule has 1 aromatic carbocycles. The SMILES string of the molecule is Cc1cc(OCc2cc(CNC(C)C)sc2C)ccc1F. The van der Waals surface area contributed by atoms with Gasteiger partial charge >= 0.3 is 0 Å². The number of nitrogens with one attached hydrogen (secondary N) is 1. The summed E-state index contributed by atoms with van der Waals surface area (Å²) in [6.45, 7) is 9.54. The third-order valence-corrected chi connectivity index (χ3v) is 4.37. The molecule has 21 heavy (non-hydrogen) atoms. The molecule has 4 heteroatoms. The number of halogens is 1. The van der Waals surface area contributed by atoms with Gasteiger partial charge in [-0.25, -0.2) is 4.39 Å². The Balaban J connectivity index is 1.97. The maximum atomic E-state index is 13.2. The molecule has 0 fully saturated rings. The highest BCUT2D eigenvalue weighted by Gasteiger charge is 2.07. The molecule has 0 radical (unpaired) electrons. The van der Waals surface area contributed by atoms with Crippen LogP contribution in [0.5, 0.6) is 5.75 Å². The summed E-state index contributed by atoms with van der Waals surface area (Å²) in [5, 5.41) is 3.42. The van der Waals surface area contributed by atoms with Crippen LogP contribution < -0.4 is 10.1 Å². The van der Waals surface area contributed by atoms with Gasteiger partial charge in [-0.15, -0.1) is 11.3 Å². The molecule has 0 unspecified atom stereocenters. The Labute approximate surface area is 130 Å². The van der Waals surface area contributed by atoms with Crippen LogP contribution in [-0.2, 0) is 13.2 Å². The Morgan fingerprint density at radius 3 is 2.67 bits per heavy atom. The number of rotatable bonds is 6. The van der Waals surface area contributed by atoms with Crippen LogP contribution in [0, 0.1) is 19.7 Å². The molecule has 0 aliphatic heterocycles. The molecule has 0 spiro atoms. The van der Waals surface area contributed by atoms with Gasteiger partial charge < -0.3 is 10.1 Å². The highest BCUT2D eigenvalue weighted by Crippen LogP contribution is 2.24. The van der Waals surface area contributed by atoms with E-state index in [0.29, 0.717) is 24.0 Å². The van der Waals surface area contributed by atoms with Crippen LogP contribution in [0.4, 0.5) is 4.39 Å². The first-order valence-electron chi connectivity index (χ1n) is 7.16. The van der Waals surface area contributed by atoms with Gasteiger partial charge in [0.05, 0.1) is 0 Å². The van der Waals surface area contributed by atoms with Crippen molar-refractivity contribution in [2.24, 2.45) is 0 Å². The van der Waals surface area contributed by atoms with Crippen molar-refractivity contribution in [3.05, 3.63) is 51.0 Å². The minimum Gasteiger partial charge on any atom is -0.489 e. The lowest BCUT2D eigenvalue weighted by Gasteiger charge is -2.07. The standard InChI is InChI=1S/C17H22FNOS/c1-11(2)19-9-16-8-14(13(4)21-16)10-20-15-5-6-17(18)12(3)7-15/h5-8,11,19H,9-10H2,1-4H3. The zero-order valence-corrected chi connectivity index (χ0v) is 13.8. The van der Waals surface area contributed by atoms with Crippen LogP contribution >= 0.6 is 11.3 Å². The molecule has 0 saturated carbocycles. The number of hydrogen-bond acceptors (Lipinski definition) is 3. The Morgan fingerprint density at radius 2 is 2.00 bits per heavy atom. The van der Waals surface area contributed by atoms with Gasteiger partial charge in [-0.3, -0.25) is 0 Å². The molecule has 0 aliphatic rings. The van der Waals surface area contributed by atoms with Crippen LogP contribution in [0.2, 0.25) is 0 Å². The lowest BCUT2D eigenvalue weighted by Crippen LogP contribution is -2.21. The summed E-state index contributed by atoms with van der Waals surface area (Å²) in [5.41, 5.74) is 1.80. The van der Waals surface area contributed by atoms with Crippen molar-refractivity contribution in [1.29, 1.82) is 0 Å². The molecule has 0 atom stereocenters. The first kappa shape index (κ1) is 16.0. The van der Waals surface area contributed by atoms with E-state index in [1.165, 1.54) is 21.4 Å². The molecular formula is C17H22FNOS. The van der Waals surface area contributed by atoms with E-state index in [1.54, 1.807) is 30.4 Å². The Hall–Kier alpha value is -1.39. The van der Waals surface area contributed by atoms with Crippen molar-refractivity contribution in [2.75, 3.05) is 0 Å². The lowest BCUT2D eigenvalue weighted by atomic mass is 10.2. The maximum absolute atomic E-state index is 13.2. The van der Waals surface area contributed by atoms with Crippen molar-refractivity contribution in [2.45, 2.75) is 46.9 Å². The summed E-state index contributed by atoms with van der Waals surface area (Å²) in [6.07, 6.45) is 0. The maximum Gasteiger partial charge on any atom is 0.126 e. The van der Waals surface area contributed by atoms with E-state index < -0.39 is 0 Å². The number of ether oxygens (including phenoxy) is 1. The van der Waals surface area contributed by atoms with Crippen molar-refractivity contribution in [1.82, 2.24) is 5.32 Å². The second-order valence-electron chi connectivity index (χ2n) is 5.53. The normalized spacial score (nSPS) is 11.1. The fraction of sp³-hybridized carbons (Fsp3) is 0.412. The molecule has 1 N–H and O–H groups in total. The first-order valence-corrected chi connectivity index (χ1v) is 7.98. The van der Waals surface area contributed by atoms with E-state index in [2.05, 4.69) is 32.2 Å². The van der Waals surface area contributed by atoms with Gasteiger partial charge in [0.25, 0.3) is 0 Å². The van der Waals surface area contributed by atoms with Gasteiger partial charge in [-0.1, -0.05) is 13.8 Å². The summed E-state index contributed by atoms with van der Waals surface area (Å²) in [5.74, 6) is 0.512. The highest BCUT2D eigenvalue weighted by molar-refractivity contribution is 7.12. The average Bonchev–Trinajstić information content (AvgIpc) is 2.78. The van der Waals surface area contributed by atoms with E-state index in [4.69, 9.17) is 4.74 Å². The summed E-state index contributed by atoms with van der Waals surface area (Å²) in [4.78, 5) is 2.59. The van der Waals surface area contributed by atoms with Crippen LogP contribution in [0.1, 0.15) is 34.7 Å². The zero-order valence-electron chi connectivity index (χ0n) is 13.0. The molecule has 2 aromatic rings. The molecule has 0 saturated heterocycles. The molecular weight excluding hydrogens is 285 g/mol. The van der Waals surface area contributed by atoms with Crippen molar-refractivity contribution >= 4 is 11.3 Å². The summed E-state index contributed by atoms with van der Waals surface area (Å²) < 4.78 is 19.0.